The molecule has 1 aromatic carbocycles. The molecule has 0 aliphatic heterocycles. The number of benzene rings is 1. The fourth-order valence-corrected chi connectivity index (χ4v) is 2.48. The standard InChI is InChI=1S/C17H21ClN2O/c1-20(11-13-2-4-14(18)5-3-13)12-17-9-8-16(21-17)10-19-15-6-7-15/h2-5,8-9,15,19H,6-7,10-12H2,1H3. The fourth-order valence-electron chi connectivity index (χ4n) is 2.36. The molecule has 0 atom stereocenters. The molecule has 112 valence electrons. The monoisotopic (exact) mass is 304 g/mol. The quantitative estimate of drug-likeness (QED) is 0.843. The van der Waals surface area contributed by atoms with E-state index < -0.39 is 0 Å². The number of rotatable bonds is 7. The van der Waals surface area contributed by atoms with Crippen LogP contribution < -0.4 is 5.32 Å². The number of halogens is 1. The topological polar surface area (TPSA) is 28.4 Å². The predicted molar refractivity (Wildman–Crippen MR) is 85.2 cm³/mol. The Morgan fingerprint density at radius 2 is 1.81 bits per heavy atom. The van der Waals surface area contributed by atoms with E-state index in [9.17, 15) is 0 Å². The van der Waals surface area contributed by atoms with Crippen molar-refractivity contribution in [1.82, 2.24) is 10.2 Å². The van der Waals surface area contributed by atoms with Crippen LogP contribution in [0.25, 0.3) is 0 Å². The summed E-state index contributed by atoms with van der Waals surface area (Å²) in [4.78, 5) is 2.24. The molecule has 1 N–H and O–H groups in total. The number of hydrogen-bond donors (Lipinski definition) is 1. The highest BCUT2D eigenvalue weighted by Crippen LogP contribution is 2.20. The number of furan rings is 1. The minimum atomic E-state index is 0.714. The van der Waals surface area contributed by atoms with Crippen LogP contribution in [0.3, 0.4) is 0 Å². The van der Waals surface area contributed by atoms with Crippen molar-refractivity contribution in [3.05, 3.63) is 58.5 Å². The highest BCUT2D eigenvalue weighted by Gasteiger charge is 2.20. The summed E-state index contributed by atoms with van der Waals surface area (Å²) in [6, 6.07) is 12.8. The van der Waals surface area contributed by atoms with Crippen LogP contribution in [0.1, 0.15) is 29.9 Å². The van der Waals surface area contributed by atoms with Gasteiger partial charge in [-0.1, -0.05) is 23.7 Å². The second-order valence-corrected chi connectivity index (χ2v) is 6.26. The highest BCUT2D eigenvalue weighted by atomic mass is 35.5. The van der Waals surface area contributed by atoms with Crippen molar-refractivity contribution < 1.29 is 4.42 Å². The maximum atomic E-state index is 5.90. The van der Waals surface area contributed by atoms with E-state index in [1.54, 1.807) is 0 Å². The van der Waals surface area contributed by atoms with Crippen molar-refractivity contribution in [3.63, 3.8) is 0 Å². The molecule has 4 heteroatoms. The summed E-state index contributed by atoms with van der Waals surface area (Å²) in [5.74, 6) is 2.04. The lowest BCUT2D eigenvalue weighted by molar-refractivity contribution is 0.282. The van der Waals surface area contributed by atoms with Gasteiger partial charge in [-0.2, -0.15) is 0 Å². The molecule has 1 aromatic heterocycles. The van der Waals surface area contributed by atoms with Gasteiger partial charge in [-0.15, -0.1) is 0 Å². The first-order valence-electron chi connectivity index (χ1n) is 7.43. The van der Waals surface area contributed by atoms with Crippen molar-refractivity contribution in [2.24, 2.45) is 0 Å². The normalized spacial score (nSPS) is 14.8. The van der Waals surface area contributed by atoms with Gasteiger partial charge in [-0.3, -0.25) is 4.90 Å². The van der Waals surface area contributed by atoms with Gasteiger partial charge in [0.2, 0.25) is 0 Å². The van der Waals surface area contributed by atoms with Gasteiger partial charge in [0.15, 0.2) is 0 Å². The molecule has 0 radical (unpaired) electrons. The Morgan fingerprint density at radius 3 is 2.52 bits per heavy atom. The van der Waals surface area contributed by atoms with E-state index in [2.05, 4.69) is 41.5 Å². The molecule has 21 heavy (non-hydrogen) atoms. The average Bonchev–Trinajstić information content (AvgIpc) is 3.19. The molecule has 1 saturated carbocycles. The van der Waals surface area contributed by atoms with Crippen molar-refractivity contribution in [2.75, 3.05) is 7.05 Å². The van der Waals surface area contributed by atoms with Gasteiger partial charge in [0.05, 0.1) is 13.1 Å². The summed E-state index contributed by atoms with van der Waals surface area (Å²) in [7, 11) is 2.10. The van der Waals surface area contributed by atoms with Gasteiger partial charge in [0.1, 0.15) is 11.5 Å². The summed E-state index contributed by atoms with van der Waals surface area (Å²) in [5, 5.41) is 4.24. The molecule has 0 bridgehead atoms. The Morgan fingerprint density at radius 1 is 1.10 bits per heavy atom. The number of hydrogen-bond acceptors (Lipinski definition) is 3. The van der Waals surface area contributed by atoms with Gasteiger partial charge < -0.3 is 9.73 Å². The van der Waals surface area contributed by atoms with Gasteiger partial charge >= 0.3 is 0 Å². The zero-order valence-electron chi connectivity index (χ0n) is 12.3. The Balaban J connectivity index is 1.49. The van der Waals surface area contributed by atoms with Gasteiger partial charge in [-0.05, 0) is 49.7 Å². The molecule has 2 aromatic rings. The lowest BCUT2D eigenvalue weighted by atomic mass is 10.2. The minimum Gasteiger partial charge on any atom is -0.463 e. The van der Waals surface area contributed by atoms with E-state index in [0.717, 1.165) is 36.2 Å². The maximum absolute atomic E-state index is 5.90. The van der Waals surface area contributed by atoms with Gasteiger partial charge in [-0.25, -0.2) is 0 Å². The van der Waals surface area contributed by atoms with E-state index in [0.29, 0.717) is 6.04 Å². The molecule has 3 rings (SSSR count). The summed E-state index contributed by atoms with van der Waals surface area (Å²) in [5.41, 5.74) is 1.25. The first kappa shape index (κ1) is 14.6. The smallest absolute Gasteiger partial charge is 0.118 e. The van der Waals surface area contributed by atoms with Gasteiger partial charge in [0, 0.05) is 17.6 Å². The molecule has 1 heterocycles. The van der Waals surface area contributed by atoms with Crippen LogP contribution >= 0.6 is 11.6 Å². The largest absolute Gasteiger partial charge is 0.463 e. The molecule has 0 spiro atoms. The molecule has 0 saturated heterocycles. The second kappa shape index (κ2) is 6.65. The van der Waals surface area contributed by atoms with Crippen molar-refractivity contribution >= 4 is 11.6 Å². The third kappa shape index (κ3) is 4.60. The van der Waals surface area contributed by atoms with E-state index >= 15 is 0 Å². The molecule has 0 unspecified atom stereocenters. The van der Waals surface area contributed by atoms with Crippen LogP contribution in [0.15, 0.2) is 40.8 Å². The van der Waals surface area contributed by atoms with Crippen LogP contribution in [-0.2, 0) is 19.6 Å². The van der Waals surface area contributed by atoms with Crippen LogP contribution in [0, 0.1) is 0 Å². The number of nitrogens with zero attached hydrogens (tertiary/aromatic N) is 1. The average molecular weight is 305 g/mol. The van der Waals surface area contributed by atoms with Gasteiger partial charge in [0.25, 0.3) is 0 Å². The maximum Gasteiger partial charge on any atom is 0.118 e. The summed E-state index contributed by atoms with van der Waals surface area (Å²) >= 11 is 5.90. The molecule has 0 amide bonds. The summed E-state index contributed by atoms with van der Waals surface area (Å²) < 4.78 is 5.86. The van der Waals surface area contributed by atoms with Crippen LogP contribution in [0.2, 0.25) is 5.02 Å². The molecular formula is C17H21ClN2O. The molecule has 1 aliphatic rings. The first-order chi connectivity index (χ1) is 10.2. The second-order valence-electron chi connectivity index (χ2n) is 5.82. The van der Waals surface area contributed by atoms with E-state index in [-0.39, 0.29) is 0 Å². The molecule has 3 nitrogen and oxygen atoms in total. The SMILES string of the molecule is CN(Cc1ccc(Cl)cc1)Cc1ccc(CNC2CC2)o1. The van der Waals surface area contributed by atoms with Crippen LogP contribution in [-0.4, -0.2) is 18.0 Å². The number of nitrogens with one attached hydrogen (secondary N) is 1. The van der Waals surface area contributed by atoms with Crippen LogP contribution in [0.5, 0.6) is 0 Å². The summed E-state index contributed by atoms with van der Waals surface area (Å²) in [6.45, 7) is 2.53. The molecule has 1 aliphatic carbocycles. The molecule has 1 fully saturated rings. The minimum absolute atomic E-state index is 0.714. The third-order valence-electron chi connectivity index (χ3n) is 3.65. The fraction of sp³-hybridized carbons (Fsp3) is 0.412. The Labute approximate surface area is 130 Å². The van der Waals surface area contributed by atoms with Crippen molar-refractivity contribution in [3.8, 4) is 0 Å². The lowest BCUT2D eigenvalue weighted by Crippen LogP contribution is -2.17. The summed E-state index contributed by atoms with van der Waals surface area (Å²) in [6.07, 6.45) is 2.61. The van der Waals surface area contributed by atoms with E-state index in [1.807, 2.05) is 12.1 Å². The first-order valence-corrected chi connectivity index (χ1v) is 7.81. The van der Waals surface area contributed by atoms with E-state index in [4.69, 9.17) is 16.0 Å². The van der Waals surface area contributed by atoms with Crippen LogP contribution in [0.4, 0.5) is 0 Å². The van der Waals surface area contributed by atoms with Crippen molar-refractivity contribution in [1.29, 1.82) is 0 Å². The van der Waals surface area contributed by atoms with Crippen molar-refractivity contribution in [2.45, 2.75) is 38.5 Å². The third-order valence-corrected chi connectivity index (χ3v) is 3.90. The molecular weight excluding hydrogens is 284 g/mol. The zero-order chi connectivity index (χ0) is 14.7. The van der Waals surface area contributed by atoms with E-state index in [1.165, 1.54) is 18.4 Å². The predicted octanol–water partition coefficient (Wildman–Crippen LogP) is 3.82. The Bertz CT molecular complexity index is 575. The highest BCUT2D eigenvalue weighted by molar-refractivity contribution is 6.30. The Hall–Kier alpha value is -1.29. The zero-order valence-corrected chi connectivity index (χ0v) is 13.1. The lowest BCUT2D eigenvalue weighted by Gasteiger charge is -2.15. The Kier molecular flexibility index (Phi) is 4.63.